The molecule has 0 aromatic heterocycles. The lowest BCUT2D eigenvalue weighted by Gasteiger charge is -2.07. The molecule has 0 heterocycles. The van der Waals surface area contributed by atoms with Crippen LogP contribution in [0.5, 0.6) is 0 Å². The molecule has 0 saturated carbocycles. The van der Waals surface area contributed by atoms with Crippen molar-refractivity contribution in [3.05, 3.63) is 12.2 Å². The van der Waals surface area contributed by atoms with Crippen molar-refractivity contribution in [3.8, 4) is 0 Å². The van der Waals surface area contributed by atoms with E-state index in [1.165, 1.54) is 6.92 Å². The minimum atomic E-state index is -0.675. The Hall–Kier alpha value is -2.05. The van der Waals surface area contributed by atoms with E-state index in [0.29, 0.717) is 5.57 Å². The molecule has 1 N–H and O–H groups in total. The molecule has 0 aromatic rings. The maximum atomic E-state index is 10.9. The van der Waals surface area contributed by atoms with E-state index in [9.17, 15) is 14.4 Å². The van der Waals surface area contributed by atoms with Crippen LogP contribution < -0.4 is 5.32 Å². The van der Waals surface area contributed by atoms with Gasteiger partial charge in [0.25, 0.3) is 6.47 Å². The molecular formula is C10H15NO6. The summed E-state index contributed by atoms with van der Waals surface area (Å²) in [5.74, 6) is -0.514. The molecule has 0 fully saturated rings. The van der Waals surface area contributed by atoms with Crippen molar-refractivity contribution in [2.45, 2.75) is 6.92 Å². The van der Waals surface area contributed by atoms with Gasteiger partial charge in [-0.15, -0.1) is 0 Å². The Kier molecular flexibility index (Phi) is 8.09. The third-order valence-corrected chi connectivity index (χ3v) is 1.46. The van der Waals surface area contributed by atoms with Gasteiger partial charge in [0.2, 0.25) is 0 Å². The second-order valence-electron chi connectivity index (χ2n) is 2.95. The van der Waals surface area contributed by atoms with Crippen molar-refractivity contribution in [1.29, 1.82) is 0 Å². The van der Waals surface area contributed by atoms with Gasteiger partial charge in [-0.05, 0) is 6.92 Å². The maximum Gasteiger partial charge on any atom is 0.407 e. The van der Waals surface area contributed by atoms with E-state index < -0.39 is 12.1 Å². The first-order valence-corrected chi connectivity index (χ1v) is 4.86. The first-order chi connectivity index (χ1) is 8.07. The third kappa shape index (κ3) is 8.91. The summed E-state index contributed by atoms with van der Waals surface area (Å²) in [6, 6.07) is 0. The van der Waals surface area contributed by atoms with Gasteiger partial charge in [-0.25, -0.2) is 9.59 Å². The number of carbonyl (C=O) groups is 3. The maximum absolute atomic E-state index is 10.9. The highest BCUT2D eigenvalue weighted by Gasteiger charge is 2.04. The fourth-order valence-electron chi connectivity index (χ4n) is 0.702. The van der Waals surface area contributed by atoms with Gasteiger partial charge in [0.1, 0.15) is 19.8 Å². The van der Waals surface area contributed by atoms with Gasteiger partial charge in [-0.1, -0.05) is 6.58 Å². The summed E-state index contributed by atoms with van der Waals surface area (Å²) in [7, 11) is 0. The summed E-state index contributed by atoms with van der Waals surface area (Å²) in [6.07, 6.45) is -0.675. The zero-order chi connectivity index (χ0) is 13.1. The van der Waals surface area contributed by atoms with Crippen LogP contribution in [0.3, 0.4) is 0 Å². The Morgan fingerprint density at radius 3 is 2.53 bits per heavy atom. The molecule has 17 heavy (non-hydrogen) atoms. The predicted octanol–water partition coefficient (Wildman–Crippen LogP) is 0.00490. The van der Waals surface area contributed by atoms with Crippen molar-refractivity contribution >= 4 is 18.5 Å². The van der Waals surface area contributed by atoms with Crippen LogP contribution in [0.15, 0.2) is 12.2 Å². The first kappa shape index (κ1) is 14.9. The predicted molar refractivity (Wildman–Crippen MR) is 57.1 cm³/mol. The highest BCUT2D eigenvalue weighted by Crippen LogP contribution is 1.90. The molecule has 0 aromatic carbocycles. The van der Waals surface area contributed by atoms with Crippen molar-refractivity contribution in [2.24, 2.45) is 0 Å². The van der Waals surface area contributed by atoms with Crippen LogP contribution in [0.4, 0.5) is 4.79 Å². The second-order valence-corrected chi connectivity index (χ2v) is 2.95. The van der Waals surface area contributed by atoms with Crippen molar-refractivity contribution < 1.29 is 28.6 Å². The van der Waals surface area contributed by atoms with Gasteiger partial charge in [0, 0.05) is 5.57 Å². The minimum Gasteiger partial charge on any atom is -0.464 e. The summed E-state index contributed by atoms with van der Waals surface area (Å²) in [4.78, 5) is 31.6. The van der Waals surface area contributed by atoms with Crippen molar-refractivity contribution in [2.75, 3.05) is 26.4 Å². The summed E-state index contributed by atoms with van der Waals surface area (Å²) >= 11 is 0. The summed E-state index contributed by atoms with van der Waals surface area (Å²) in [5, 5.41) is 2.34. The number of hydrogen-bond donors (Lipinski definition) is 1. The highest BCUT2D eigenvalue weighted by molar-refractivity contribution is 5.86. The molecule has 0 aliphatic carbocycles. The van der Waals surface area contributed by atoms with Gasteiger partial charge in [0.15, 0.2) is 0 Å². The number of alkyl carbamates (subject to hydrolysis) is 1. The van der Waals surface area contributed by atoms with Gasteiger partial charge in [-0.2, -0.15) is 0 Å². The number of ether oxygens (including phenoxy) is 3. The average molecular weight is 245 g/mol. The Balaban J connectivity index is 3.42. The lowest BCUT2D eigenvalue weighted by Crippen LogP contribution is -2.29. The van der Waals surface area contributed by atoms with Crippen LogP contribution in [-0.4, -0.2) is 44.9 Å². The molecule has 0 atom stereocenters. The monoisotopic (exact) mass is 245 g/mol. The zero-order valence-electron chi connectivity index (χ0n) is 9.56. The quantitative estimate of drug-likeness (QED) is 0.213. The number of esters is 1. The third-order valence-electron chi connectivity index (χ3n) is 1.46. The molecule has 0 saturated heterocycles. The SMILES string of the molecule is C=C(C)C(=O)OCCNC(=O)OCCOC=O. The Bertz CT molecular complexity index is 289. The van der Waals surface area contributed by atoms with E-state index in [4.69, 9.17) is 4.74 Å². The smallest absolute Gasteiger partial charge is 0.407 e. The van der Waals surface area contributed by atoms with Gasteiger partial charge in [-0.3, -0.25) is 4.79 Å². The standard InChI is InChI=1S/C10H15NO6/c1-8(2)9(13)16-4-3-11-10(14)17-6-5-15-7-12/h7H,1,3-6H2,2H3,(H,11,14). The molecule has 1 amide bonds. The minimum absolute atomic E-state index is 0.00155. The Morgan fingerprint density at radius 2 is 1.94 bits per heavy atom. The first-order valence-electron chi connectivity index (χ1n) is 4.86. The Morgan fingerprint density at radius 1 is 1.24 bits per heavy atom. The van der Waals surface area contributed by atoms with Gasteiger partial charge >= 0.3 is 12.1 Å². The highest BCUT2D eigenvalue weighted by atomic mass is 16.6. The molecule has 7 nitrogen and oxygen atoms in total. The van der Waals surface area contributed by atoms with Gasteiger partial charge in [0.05, 0.1) is 6.54 Å². The number of amides is 1. The summed E-state index contributed by atoms with van der Waals surface area (Å²) in [5.41, 5.74) is 0.290. The molecule has 0 radical (unpaired) electrons. The number of hydrogen-bond acceptors (Lipinski definition) is 6. The van der Waals surface area contributed by atoms with E-state index in [2.05, 4.69) is 21.4 Å². The van der Waals surface area contributed by atoms with E-state index in [1.807, 2.05) is 0 Å². The zero-order valence-corrected chi connectivity index (χ0v) is 9.56. The van der Waals surface area contributed by atoms with Gasteiger partial charge < -0.3 is 19.5 Å². The molecule has 0 aliphatic heterocycles. The van der Waals surface area contributed by atoms with E-state index in [0.717, 1.165) is 0 Å². The van der Waals surface area contributed by atoms with E-state index >= 15 is 0 Å². The van der Waals surface area contributed by atoms with Crippen LogP contribution >= 0.6 is 0 Å². The van der Waals surface area contributed by atoms with Crippen LogP contribution in [0.1, 0.15) is 6.92 Å². The molecule has 0 aliphatic rings. The largest absolute Gasteiger partial charge is 0.464 e. The topological polar surface area (TPSA) is 90.9 Å². The molecular weight excluding hydrogens is 230 g/mol. The van der Waals surface area contributed by atoms with Crippen LogP contribution in [-0.2, 0) is 23.8 Å². The number of carbonyl (C=O) groups excluding carboxylic acids is 3. The molecule has 7 heteroatoms. The lowest BCUT2D eigenvalue weighted by atomic mass is 10.4. The summed E-state index contributed by atoms with van der Waals surface area (Å²) in [6.45, 7) is 5.32. The number of nitrogens with one attached hydrogen (secondary N) is 1. The molecule has 96 valence electrons. The number of rotatable bonds is 8. The lowest BCUT2D eigenvalue weighted by molar-refractivity contribution is -0.138. The molecule has 0 spiro atoms. The summed E-state index contributed by atoms with van der Waals surface area (Å²) < 4.78 is 13.6. The average Bonchev–Trinajstić information content (AvgIpc) is 2.29. The second kappa shape index (κ2) is 9.20. The van der Waals surface area contributed by atoms with Crippen LogP contribution in [0.25, 0.3) is 0 Å². The normalized spacial score (nSPS) is 9.00. The van der Waals surface area contributed by atoms with Crippen molar-refractivity contribution in [3.63, 3.8) is 0 Å². The van der Waals surface area contributed by atoms with Crippen LogP contribution in [0.2, 0.25) is 0 Å². The fourth-order valence-corrected chi connectivity index (χ4v) is 0.702. The van der Waals surface area contributed by atoms with Crippen LogP contribution in [0, 0.1) is 0 Å². The molecule has 0 bridgehead atoms. The van der Waals surface area contributed by atoms with Crippen molar-refractivity contribution in [1.82, 2.24) is 5.32 Å². The van der Waals surface area contributed by atoms with E-state index in [-0.39, 0.29) is 32.8 Å². The molecule has 0 unspecified atom stereocenters. The fraction of sp³-hybridized carbons (Fsp3) is 0.500. The molecule has 0 rings (SSSR count). The van der Waals surface area contributed by atoms with E-state index in [1.54, 1.807) is 0 Å². The Labute approximate surface area is 98.7 Å².